The second-order valence-corrected chi connectivity index (χ2v) is 6.59. The predicted octanol–water partition coefficient (Wildman–Crippen LogP) is 3.28. The van der Waals surface area contributed by atoms with Crippen molar-refractivity contribution < 1.29 is 13.2 Å². The number of halogens is 3. The average molecular weight is 388 g/mol. The van der Waals surface area contributed by atoms with Gasteiger partial charge in [0.2, 0.25) is 0 Å². The van der Waals surface area contributed by atoms with Crippen LogP contribution >= 0.6 is 0 Å². The minimum absolute atomic E-state index is 0.279. The minimum atomic E-state index is -4.55. The van der Waals surface area contributed by atoms with Gasteiger partial charge in [-0.15, -0.1) is 0 Å². The summed E-state index contributed by atoms with van der Waals surface area (Å²) in [7, 11) is 0. The van der Waals surface area contributed by atoms with Crippen molar-refractivity contribution >= 4 is 17.7 Å². The highest BCUT2D eigenvalue weighted by molar-refractivity contribution is 5.65. The molecule has 0 bridgehead atoms. The summed E-state index contributed by atoms with van der Waals surface area (Å²) in [5, 5.41) is 7.26. The minimum Gasteiger partial charge on any atom is -0.356 e. The summed E-state index contributed by atoms with van der Waals surface area (Å²) in [6, 6.07) is 1.78. The van der Waals surface area contributed by atoms with E-state index in [0.29, 0.717) is 17.3 Å². The van der Waals surface area contributed by atoms with Crippen LogP contribution in [0.1, 0.15) is 18.5 Å². The molecule has 0 aromatic carbocycles. The van der Waals surface area contributed by atoms with Crippen molar-refractivity contribution in [1.29, 1.82) is 5.41 Å². The third-order valence-corrected chi connectivity index (χ3v) is 4.71. The highest BCUT2D eigenvalue weighted by atomic mass is 19.4. The summed E-state index contributed by atoms with van der Waals surface area (Å²) in [4.78, 5) is 18.4. The number of rotatable bonds is 4. The van der Waals surface area contributed by atoms with Crippen molar-refractivity contribution in [2.24, 2.45) is 5.92 Å². The number of piperidine rings is 1. The topological polar surface area (TPSA) is 83.1 Å². The van der Waals surface area contributed by atoms with E-state index >= 15 is 0 Å². The van der Waals surface area contributed by atoms with E-state index in [4.69, 9.17) is 5.41 Å². The average Bonchev–Trinajstić information content (AvgIpc) is 3.11. The zero-order valence-electron chi connectivity index (χ0n) is 14.8. The van der Waals surface area contributed by atoms with Crippen LogP contribution in [0.25, 0.3) is 17.2 Å². The fourth-order valence-electron chi connectivity index (χ4n) is 3.36. The van der Waals surface area contributed by atoms with Crippen LogP contribution < -0.4 is 4.90 Å². The Morgan fingerprint density at radius 1 is 1.18 bits per heavy atom. The molecule has 3 aromatic rings. The van der Waals surface area contributed by atoms with Crippen molar-refractivity contribution in [3.05, 3.63) is 43.0 Å². The number of alkyl halides is 3. The molecule has 7 nitrogen and oxygen atoms in total. The first-order chi connectivity index (χ1) is 13.5. The fourth-order valence-corrected chi connectivity index (χ4v) is 3.36. The maximum atomic E-state index is 13.0. The second-order valence-electron chi connectivity index (χ2n) is 6.59. The lowest BCUT2D eigenvalue weighted by Gasteiger charge is -2.32. The van der Waals surface area contributed by atoms with Crippen LogP contribution in [0.5, 0.6) is 0 Å². The molecule has 1 N–H and O–H groups in total. The fraction of sp³-hybridized carbons (Fsp3) is 0.333. The summed E-state index contributed by atoms with van der Waals surface area (Å²) >= 11 is 0. The number of nitrogens with zero attached hydrogens (tertiary/aromatic N) is 6. The van der Waals surface area contributed by atoms with Gasteiger partial charge >= 0.3 is 6.18 Å². The monoisotopic (exact) mass is 388 g/mol. The molecule has 0 aliphatic carbocycles. The van der Waals surface area contributed by atoms with Gasteiger partial charge in [-0.3, -0.25) is 4.40 Å². The van der Waals surface area contributed by atoms with E-state index in [1.165, 1.54) is 16.8 Å². The molecule has 1 fully saturated rings. The van der Waals surface area contributed by atoms with Gasteiger partial charge in [-0.25, -0.2) is 19.9 Å². The van der Waals surface area contributed by atoms with Gasteiger partial charge in [0.05, 0.1) is 12.4 Å². The predicted molar refractivity (Wildman–Crippen MR) is 97.0 cm³/mol. The number of nitrogens with one attached hydrogen (secondary N) is 1. The van der Waals surface area contributed by atoms with Crippen molar-refractivity contribution in [3.63, 3.8) is 0 Å². The number of anilines is 1. The molecule has 0 spiro atoms. The van der Waals surface area contributed by atoms with E-state index in [9.17, 15) is 13.2 Å². The summed E-state index contributed by atoms with van der Waals surface area (Å²) in [5.41, 5.74) is -0.351. The highest BCUT2D eigenvalue weighted by Crippen LogP contribution is 2.29. The van der Waals surface area contributed by atoms with E-state index in [2.05, 4.69) is 24.8 Å². The summed E-state index contributed by atoms with van der Waals surface area (Å²) in [6.07, 6.45) is 5.64. The summed E-state index contributed by atoms with van der Waals surface area (Å²) < 4.78 is 40.3. The third kappa shape index (κ3) is 3.54. The first kappa shape index (κ1) is 18.3. The Balaban J connectivity index is 1.69. The Bertz CT molecular complexity index is 998. The van der Waals surface area contributed by atoms with Crippen molar-refractivity contribution in [2.75, 3.05) is 18.0 Å². The normalized spacial score (nSPS) is 17.8. The van der Waals surface area contributed by atoms with Crippen molar-refractivity contribution in [2.45, 2.75) is 19.0 Å². The molecule has 4 heterocycles. The Hall–Kier alpha value is -3.04. The van der Waals surface area contributed by atoms with E-state index < -0.39 is 11.9 Å². The van der Waals surface area contributed by atoms with Crippen LogP contribution in [0, 0.1) is 17.7 Å². The summed E-state index contributed by atoms with van der Waals surface area (Å²) in [6.45, 7) is 1.56. The first-order valence-corrected chi connectivity index (χ1v) is 8.78. The Morgan fingerprint density at radius 2 is 2.04 bits per heavy atom. The lowest BCUT2D eigenvalue weighted by Crippen LogP contribution is -2.36. The molecule has 1 atom stereocenters. The largest absolute Gasteiger partial charge is 0.434 e. The van der Waals surface area contributed by atoms with Crippen LogP contribution in [0.4, 0.5) is 19.0 Å². The SMILES string of the molecule is N=C[CH]C1CCCN(c2ccnc(-c3cnc4cnc(C(F)(F)F)cn34)n2)C1. The molecular weight excluding hydrogens is 371 g/mol. The lowest BCUT2D eigenvalue weighted by atomic mass is 9.95. The quantitative estimate of drug-likeness (QED) is 0.694. The molecule has 3 aromatic heterocycles. The molecule has 0 amide bonds. The van der Waals surface area contributed by atoms with Crippen LogP contribution in [0.15, 0.2) is 30.9 Å². The maximum Gasteiger partial charge on any atom is 0.434 e. The molecule has 1 saturated heterocycles. The zero-order valence-corrected chi connectivity index (χ0v) is 14.8. The van der Waals surface area contributed by atoms with Crippen LogP contribution in [0.3, 0.4) is 0 Å². The smallest absolute Gasteiger partial charge is 0.356 e. The number of hydrogen-bond donors (Lipinski definition) is 1. The van der Waals surface area contributed by atoms with Gasteiger partial charge < -0.3 is 10.3 Å². The van der Waals surface area contributed by atoms with Crippen molar-refractivity contribution in [1.82, 2.24) is 24.3 Å². The first-order valence-electron chi connectivity index (χ1n) is 8.78. The van der Waals surface area contributed by atoms with E-state index in [0.717, 1.165) is 38.3 Å². The molecule has 1 unspecified atom stereocenters. The summed E-state index contributed by atoms with van der Waals surface area (Å²) in [5.74, 6) is 1.27. The standard InChI is InChI=1S/C18H17F3N7/c19-18(20,21)14-11-28-13(8-25-16(28)9-24-14)17-23-6-4-15(26-17)27-7-1-2-12(10-27)3-5-22/h3-6,8-9,11-12,22H,1-2,7,10H2. The molecule has 10 heteroatoms. The zero-order chi connectivity index (χ0) is 19.7. The maximum absolute atomic E-state index is 13.0. The number of aromatic nitrogens is 5. The Kier molecular flexibility index (Phi) is 4.70. The van der Waals surface area contributed by atoms with Crippen LogP contribution in [-0.4, -0.2) is 43.6 Å². The van der Waals surface area contributed by atoms with Gasteiger partial charge in [0.25, 0.3) is 0 Å². The van der Waals surface area contributed by atoms with Gasteiger partial charge in [0.1, 0.15) is 11.5 Å². The molecular formula is C18H17F3N7. The van der Waals surface area contributed by atoms with E-state index in [1.807, 2.05) is 6.42 Å². The Morgan fingerprint density at radius 3 is 2.82 bits per heavy atom. The van der Waals surface area contributed by atoms with Crippen LogP contribution in [0.2, 0.25) is 0 Å². The number of imidazole rings is 1. The van der Waals surface area contributed by atoms with Gasteiger partial charge in [0, 0.05) is 31.9 Å². The molecule has 28 heavy (non-hydrogen) atoms. The molecule has 0 saturated carbocycles. The highest BCUT2D eigenvalue weighted by Gasteiger charge is 2.33. The number of hydrogen-bond acceptors (Lipinski definition) is 6. The van der Waals surface area contributed by atoms with Gasteiger partial charge in [-0.1, -0.05) is 0 Å². The molecule has 1 aliphatic rings. The van der Waals surface area contributed by atoms with E-state index in [-0.39, 0.29) is 11.6 Å². The third-order valence-electron chi connectivity index (χ3n) is 4.71. The van der Waals surface area contributed by atoms with Crippen molar-refractivity contribution in [3.8, 4) is 11.5 Å². The van der Waals surface area contributed by atoms with Gasteiger partial charge in [-0.05, 0) is 31.0 Å². The Labute approximate surface area is 158 Å². The van der Waals surface area contributed by atoms with E-state index in [1.54, 1.807) is 12.3 Å². The van der Waals surface area contributed by atoms with Crippen LogP contribution in [-0.2, 0) is 6.18 Å². The molecule has 4 rings (SSSR count). The molecule has 145 valence electrons. The second kappa shape index (κ2) is 7.17. The number of fused-ring (bicyclic) bond motifs is 1. The van der Waals surface area contributed by atoms with Gasteiger partial charge in [-0.2, -0.15) is 13.2 Å². The molecule has 1 radical (unpaired) electrons. The molecule has 1 aliphatic heterocycles. The van der Waals surface area contributed by atoms with Gasteiger partial charge in [0.15, 0.2) is 17.2 Å². The lowest BCUT2D eigenvalue weighted by molar-refractivity contribution is -0.141.